The van der Waals surface area contributed by atoms with Crippen LogP contribution in [0.25, 0.3) is 0 Å². The van der Waals surface area contributed by atoms with E-state index in [4.69, 9.17) is 0 Å². The molecule has 1 rings (SSSR count). The van der Waals surface area contributed by atoms with Crippen molar-refractivity contribution in [2.75, 3.05) is 13.6 Å². The number of amides is 1. The van der Waals surface area contributed by atoms with Gasteiger partial charge in [-0.05, 0) is 13.0 Å². The topological polar surface area (TPSA) is 33.2 Å². The molecule has 0 N–H and O–H groups in total. The van der Waals surface area contributed by atoms with E-state index in [9.17, 15) is 9.18 Å². The summed E-state index contributed by atoms with van der Waals surface area (Å²) < 4.78 is 12.8. The number of rotatable bonds is 3. The predicted octanol–water partition coefficient (Wildman–Crippen LogP) is 1.87. The standard InChI is InChI=1S/C11H13FN2O/c1-8(2)7-14(3)11(15)9-4-5-13-10(12)6-9/h4-6H,1,7H2,2-3H3. The van der Waals surface area contributed by atoms with Crippen LogP contribution >= 0.6 is 0 Å². The fourth-order valence-corrected chi connectivity index (χ4v) is 1.23. The molecule has 0 radical (unpaired) electrons. The summed E-state index contributed by atoms with van der Waals surface area (Å²) in [6.07, 6.45) is 1.27. The zero-order valence-electron chi connectivity index (χ0n) is 8.83. The Morgan fingerprint density at radius 2 is 2.33 bits per heavy atom. The van der Waals surface area contributed by atoms with Gasteiger partial charge in [0.05, 0.1) is 0 Å². The van der Waals surface area contributed by atoms with E-state index in [1.54, 1.807) is 7.05 Å². The Labute approximate surface area is 88.2 Å². The van der Waals surface area contributed by atoms with E-state index < -0.39 is 5.95 Å². The van der Waals surface area contributed by atoms with Crippen LogP contribution in [-0.2, 0) is 0 Å². The van der Waals surface area contributed by atoms with Gasteiger partial charge < -0.3 is 4.90 Å². The summed E-state index contributed by atoms with van der Waals surface area (Å²) in [5.74, 6) is -0.885. The Balaban J connectivity index is 2.80. The van der Waals surface area contributed by atoms with Crippen molar-refractivity contribution in [3.63, 3.8) is 0 Å². The van der Waals surface area contributed by atoms with E-state index in [1.807, 2.05) is 6.92 Å². The van der Waals surface area contributed by atoms with Crippen LogP contribution in [0.15, 0.2) is 30.5 Å². The third kappa shape index (κ3) is 3.16. The van der Waals surface area contributed by atoms with Gasteiger partial charge in [0.2, 0.25) is 5.95 Å². The van der Waals surface area contributed by atoms with Crippen LogP contribution in [0.4, 0.5) is 4.39 Å². The molecule has 15 heavy (non-hydrogen) atoms. The second-order valence-electron chi connectivity index (χ2n) is 3.49. The number of carbonyl (C=O) groups excluding carboxylic acids is 1. The molecular formula is C11H13FN2O. The Kier molecular flexibility index (Phi) is 3.55. The molecule has 0 fully saturated rings. The largest absolute Gasteiger partial charge is 0.338 e. The lowest BCUT2D eigenvalue weighted by atomic mass is 10.2. The highest BCUT2D eigenvalue weighted by atomic mass is 19.1. The number of nitrogens with zero attached hydrogens (tertiary/aromatic N) is 2. The second kappa shape index (κ2) is 4.68. The smallest absolute Gasteiger partial charge is 0.254 e. The lowest BCUT2D eigenvalue weighted by Crippen LogP contribution is -2.28. The number of likely N-dealkylation sites (N-methyl/N-ethyl adjacent to an activating group) is 1. The van der Waals surface area contributed by atoms with Gasteiger partial charge in [-0.15, -0.1) is 0 Å². The first-order valence-electron chi connectivity index (χ1n) is 4.52. The van der Waals surface area contributed by atoms with Crippen molar-refractivity contribution >= 4 is 5.91 Å². The van der Waals surface area contributed by atoms with Crippen molar-refractivity contribution in [3.8, 4) is 0 Å². The summed E-state index contributed by atoms with van der Waals surface area (Å²) >= 11 is 0. The van der Waals surface area contributed by atoms with Crippen molar-refractivity contribution in [1.29, 1.82) is 0 Å². The number of pyridine rings is 1. The van der Waals surface area contributed by atoms with Gasteiger partial charge in [0.1, 0.15) is 0 Å². The third-order valence-corrected chi connectivity index (χ3v) is 1.83. The number of aromatic nitrogens is 1. The molecule has 0 saturated carbocycles. The Bertz CT molecular complexity index is 390. The summed E-state index contributed by atoms with van der Waals surface area (Å²) in [5, 5.41) is 0. The van der Waals surface area contributed by atoms with Gasteiger partial charge in [-0.25, -0.2) is 4.98 Å². The maximum absolute atomic E-state index is 12.8. The molecule has 1 aromatic heterocycles. The minimum absolute atomic E-state index is 0.237. The van der Waals surface area contributed by atoms with Crippen LogP contribution in [0.3, 0.4) is 0 Å². The molecule has 0 saturated heterocycles. The molecule has 1 amide bonds. The molecule has 0 aromatic carbocycles. The first-order chi connectivity index (χ1) is 7.00. The highest BCUT2D eigenvalue weighted by Gasteiger charge is 2.11. The molecule has 80 valence electrons. The lowest BCUT2D eigenvalue weighted by Gasteiger charge is -2.16. The zero-order chi connectivity index (χ0) is 11.4. The van der Waals surface area contributed by atoms with Crippen molar-refractivity contribution in [1.82, 2.24) is 9.88 Å². The monoisotopic (exact) mass is 208 g/mol. The van der Waals surface area contributed by atoms with Crippen molar-refractivity contribution in [2.45, 2.75) is 6.92 Å². The van der Waals surface area contributed by atoms with Crippen molar-refractivity contribution in [2.24, 2.45) is 0 Å². The van der Waals surface area contributed by atoms with Crippen LogP contribution in [0.2, 0.25) is 0 Å². The molecule has 3 nitrogen and oxygen atoms in total. The molecule has 0 aliphatic carbocycles. The van der Waals surface area contributed by atoms with E-state index in [1.165, 1.54) is 17.2 Å². The van der Waals surface area contributed by atoms with Crippen LogP contribution in [0.1, 0.15) is 17.3 Å². The van der Waals surface area contributed by atoms with Gasteiger partial charge in [0, 0.05) is 31.4 Å². The van der Waals surface area contributed by atoms with Gasteiger partial charge in [0.15, 0.2) is 0 Å². The highest BCUT2D eigenvalue weighted by molar-refractivity contribution is 5.94. The molecule has 0 unspecified atom stereocenters. The minimum Gasteiger partial charge on any atom is -0.338 e. The maximum atomic E-state index is 12.8. The molecule has 0 aliphatic heterocycles. The Morgan fingerprint density at radius 3 is 2.87 bits per heavy atom. The van der Waals surface area contributed by atoms with Crippen LogP contribution in [0.5, 0.6) is 0 Å². The first kappa shape index (κ1) is 11.4. The average Bonchev–Trinajstić information content (AvgIpc) is 2.15. The summed E-state index contributed by atoms with van der Waals surface area (Å²) in [5.41, 5.74) is 1.17. The molecule has 0 aliphatic rings. The van der Waals surface area contributed by atoms with Gasteiger partial charge in [-0.1, -0.05) is 12.2 Å². The number of hydrogen-bond acceptors (Lipinski definition) is 2. The van der Waals surface area contributed by atoms with E-state index in [0.29, 0.717) is 12.1 Å². The molecule has 0 bridgehead atoms. The van der Waals surface area contributed by atoms with Gasteiger partial charge in [-0.3, -0.25) is 4.79 Å². The molecule has 0 atom stereocenters. The predicted molar refractivity (Wildman–Crippen MR) is 56.0 cm³/mol. The molecule has 1 aromatic rings. The lowest BCUT2D eigenvalue weighted by molar-refractivity contribution is 0.0806. The fraction of sp³-hybridized carbons (Fsp3) is 0.273. The van der Waals surface area contributed by atoms with E-state index in [0.717, 1.165) is 11.6 Å². The maximum Gasteiger partial charge on any atom is 0.254 e. The molecular weight excluding hydrogens is 195 g/mol. The third-order valence-electron chi connectivity index (χ3n) is 1.83. The second-order valence-corrected chi connectivity index (χ2v) is 3.49. The quantitative estimate of drug-likeness (QED) is 0.561. The van der Waals surface area contributed by atoms with Crippen LogP contribution in [-0.4, -0.2) is 29.4 Å². The van der Waals surface area contributed by atoms with Gasteiger partial charge in [-0.2, -0.15) is 4.39 Å². The Hall–Kier alpha value is -1.71. The summed E-state index contributed by atoms with van der Waals surface area (Å²) in [4.78, 5) is 16.6. The number of hydrogen-bond donors (Lipinski definition) is 0. The van der Waals surface area contributed by atoms with E-state index >= 15 is 0 Å². The van der Waals surface area contributed by atoms with Gasteiger partial charge >= 0.3 is 0 Å². The number of halogens is 1. The molecule has 4 heteroatoms. The summed E-state index contributed by atoms with van der Waals surface area (Å²) in [6, 6.07) is 2.61. The number of carbonyl (C=O) groups is 1. The molecule has 0 spiro atoms. The summed E-state index contributed by atoms with van der Waals surface area (Å²) in [6.45, 7) is 6.00. The minimum atomic E-state index is -0.649. The van der Waals surface area contributed by atoms with Crippen molar-refractivity contribution in [3.05, 3.63) is 42.0 Å². The highest BCUT2D eigenvalue weighted by Crippen LogP contribution is 2.05. The average molecular weight is 208 g/mol. The van der Waals surface area contributed by atoms with E-state index in [2.05, 4.69) is 11.6 Å². The molecule has 1 heterocycles. The van der Waals surface area contributed by atoms with Gasteiger partial charge in [0.25, 0.3) is 5.91 Å². The summed E-state index contributed by atoms with van der Waals surface area (Å²) in [7, 11) is 1.65. The SMILES string of the molecule is C=C(C)CN(C)C(=O)c1ccnc(F)c1. The first-order valence-corrected chi connectivity index (χ1v) is 4.52. The van der Waals surface area contributed by atoms with Crippen LogP contribution < -0.4 is 0 Å². The Morgan fingerprint density at radius 1 is 1.67 bits per heavy atom. The normalized spacial score (nSPS) is 9.80. The zero-order valence-corrected chi connectivity index (χ0v) is 8.83. The van der Waals surface area contributed by atoms with Crippen LogP contribution in [0, 0.1) is 5.95 Å². The van der Waals surface area contributed by atoms with Crippen molar-refractivity contribution < 1.29 is 9.18 Å². The van der Waals surface area contributed by atoms with E-state index in [-0.39, 0.29) is 5.91 Å². The fourth-order valence-electron chi connectivity index (χ4n) is 1.23.